The highest BCUT2D eigenvalue weighted by Gasteiger charge is 2.24. The van der Waals surface area contributed by atoms with Gasteiger partial charge >= 0.3 is 5.97 Å². The van der Waals surface area contributed by atoms with E-state index in [0.29, 0.717) is 5.56 Å². The predicted octanol–water partition coefficient (Wildman–Crippen LogP) is 0.885. The van der Waals surface area contributed by atoms with Crippen molar-refractivity contribution in [2.24, 2.45) is 5.92 Å². The van der Waals surface area contributed by atoms with Crippen LogP contribution in [0.15, 0.2) is 24.3 Å². The van der Waals surface area contributed by atoms with Crippen LogP contribution < -0.4 is 10.6 Å². The number of aliphatic carboxylic acids is 1. The number of amides is 2. The van der Waals surface area contributed by atoms with Gasteiger partial charge in [0.25, 0.3) is 11.8 Å². The van der Waals surface area contributed by atoms with Crippen LogP contribution in [0.25, 0.3) is 0 Å². The van der Waals surface area contributed by atoms with Gasteiger partial charge in [-0.1, -0.05) is 19.9 Å². The standard InChI is InChI=1S/C14H18N2O4/c1-8(2)11(14(19)20)16-13(18)10-6-4-5-9(7-10)12(17)15-3/h4-8,11H,1-3H3,(H,15,17)(H,16,18)(H,19,20)/t11-/m1/s1. The van der Waals surface area contributed by atoms with E-state index in [4.69, 9.17) is 5.11 Å². The minimum atomic E-state index is -1.09. The lowest BCUT2D eigenvalue weighted by Crippen LogP contribution is -2.44. The highest BCUT2D eigenvalue weighted by Crippen LogP contribution is 2.08. The number of nitrogens with one attached hydrogen (secondary N) is 2. The third kappa shape index (κ3) is 3.81. The lowest BCUT2D eigenvalue weighted by molar-refractivity contribution is -0.140. The lowest BCUT2D eigenvalue weighted by Gasteiger charge is -2.18. The van der Waals surface area contributed by atoms with Gasteiger partial charge in [-0.3, -0.25) is 9.59 Å². The minimum absolute atomic E-state index is 0.237. The molecule has 0 fully saturated rings. The zero-order valence-corrected chi connectivity index (χ0v) is 11.6. The van der Waals surface area contributed by atoms with Gasteiger partial charge in [0.1, 0.15) is 6.04 Å². The molecule has 3 N–H and O–H groups in total. The van der Waals surface area contributed by atoms with Gasteiger partial charge in [0, 0.05) is 18.2 Å². The maximum absolute atomic E-state index is 12.0. The van der Waals surface area contributed by atoms with Crippen molar-refractivity contribution in [3.8, 4) is 0 Å². The summed E-state index contributed by atoms with van der Waals surface area (Å²) < 4.78 is 0. The maximum Gasteiger partial charge on any atom is 0.326 e. The van der Waals surface area contributed by atoms with Crippen LogP contribution in [-0.2, 0) is 4.79 Å². The molecule has 0 radical (unpaired) electrons. The van der Waals surface area contributed by atoms with Gasteiger partial charge in [0.2, 0.25) is 0 Å². The molecule has 1 aromatic rings. The van der Waals surface area contributed by atoms with Gasteiger partial charge in [-0.05, 0) is 24.1 Å². The van der Waals surface area contributed by atoms with Crippen LogP contribution in [0.4, 0.5) is 0 Å². The molecule has 1 atom stereocenters. The third-order valence-corrected chi connectivity index (χ3v) is 2.83. The Hall–Kier alpha value is -2.37. The molecule has 0 saturated heterocycles. The van der Waals surface area contributed by atoms with E-state index in [9.17, 15) is 14.4 Å². The molecule has 0 aliphatic heterocycles. The normalized spacial score (nSPS) is 11.8. The average molecular weight is 278 g/mol. The van der Waals surface area contributed by atoms with Gasteiger partial charge in [-0.15, -0.1) is 0 Å². The predicted molar refractivity (Wildman–Crippen MR) is 73.6 cm³/mol. The summed E-state index contributed by atoms with van der Waals surface area (Å²) in [6.07, 6.45) is 0. The Kier molecular flexibility index (Phi) is 5.25. The SMILES string of the molecule is CNC(=O)c1cccc(C(=O)N[C@@H](C(=O)O)C(C)C)c1. The molecule has 1 rings (SSSR count). The Morgan fingerprint density at radius 2 is 1.65 bits per heavy atom. The molecule has 6 nitrogen and oxygen atoms in total. The van der Waals surface area contributed by atoms with E-state index in [1.54, 1.807) is 26.0 Å². The summed E-state index contributed by atoms with van der Waals surface area (Å²) in [5, 5.41) is 13.9. The van der Waals surface area contributed by atoms with Crippen molar-refractivity contribution in [1.82, 2.24) is 10.6 Å². The van der Waals surface area contributed by atoms with Gasteiger partial charge in [0.15, 0.2) is 0 Å². The Morgan fingerprint density at radius 3 is 2.10 bits per heavy atom. The van der Waals surface area contributed by atoms with E-state index in [1.807, 2.05) is 0 Å². The lowest BCUT2D eigenvalue weighted by atomic mass is 10.0. The highest BCUT2D eigenvalue weighted by atomic mass is 16.4. The number of benzene rings is 1. The molecule has 0 unspecified atom stereocenters. The quantitative estimate of drug-likeness (QED) is 0.745. The van der Waals surface area contributed by atoms with Crippen LogP contribution in [-0.4, -0.2) is 36.0 Å². The number of carbonyl (C=O) groups excluding carboxylic acids is 2. The van der Waals surface area contributed by atoms with Crippen LogP contribution in [0.1, 0.15) is 34.6 Å². The molecule has 1 aromatic carbocycles. The van der Waals surface area contributed by atoms with E-state index >= 15 is 0 Å². The molecule has 6 heteroatoms. The van der Waals surface area contributed by atoms with E-state index < -0.39 is 17.9 Å². The number of carboxylic acids is 1. The second-order valence-corrected chi connectivity index (χ2v) is 4.69. The van der Waals surface area contributed by atoms with E-state index in [2.05, 4.69) is 10.6 Å². The zero-order valence-electron chi connectivity index (χ0n) is 11.6. The molecule has 0 heterocycles. The Labute approximate surface area is 117 Å². The van der Waals surface area contributed by atoms with Gasteiger partial charge in [-0.25, -0.2) is 4.79 Å². The third-order valence-electron chi connectivity index (χ3n) is 2.83. The molecule has 2 amide bonds. The average Bonchev–Trinajstić information content (AvgIpc) is 2.42. The van der Waals surface area contributed by atoms with Crippen LogP contribution in [0, 0.1) is 5.92 Å². The Bertz CT molecular complexity index is 526. The van der Waals surface area contributed by atoms with Crippen LogP contribution in [0.2, 0.25) is 0 Å². The molecule has 0 saturated carbocycles. The van der Waals surface area contributed by atoms with Crippen molar-refractivity contribution < 1.29 is 19.5 Å². The number of carboxylic acid groups (broad SMARTS) is 1. The van der Waals surface area contributed by atoms with Crippen molar-refractivity contribution in [3.05, 3.63) is 35.4 Å². The van der Waals surface area contributed by atoms with E-state index in [1.165, 1.54) is 19.2 Å². The first-order valence-electron chi connectivity index (χ1n) is 6.22. The fourth-order valence-corrected chi connectivity index (χ4v) is 1.68. The second kappa shape index (κ2) is 6.70. The molecule has 0 aliphatic rings. The molecule has 0 aliphatic carbocycles. The highest BCUT2D eigenvalue weighted by molar-refractivity contribution is 6.00. The summed E-state index contributed by atoms with van der Waals surface area (Å²) in [4.78, 5) is 34.6. The first kappa shape index (κ1) is 15.7. The smallest absolute Gasteiger partial charge is 0.326 e. The first-order chi connectivity index (χ1) is 9.36. The van der Waals surface area contributed by atoms with Gasteiger partial charge in [0.05, 0.1) is 0 Å². The Morgan fingerprint density at radius 1 is 1.10 bits per heavy atom. The summed E-state index contributed by atoms with van der Waals surface area (Å²) in [7, 11) is 1.49. The van der Waals surface area contributed by atoms with Crippen molar-refractivity contribution in [1.29, 1.82) is 0 Å². The summed E-state index contributed by atoms with van der Waals surface area (Å²) in [5.41, 5.74) is 0.592. The summed E-state index contributed by atoms with van der Waals surface area (Å²) >= 11 is 0. The van der Waals surface area contributed by atoms with Crippen molar-refractivity contribution in [2.75, 3.05) is 7.05 Å². The molecule has 108 valence electrons. The van der Waals surface area contributed by atoms with Gasteiger partial charge < -0.3 is 15.7 Å². The molecule has 0 bridgehead atoms. The second-order valence-electron chi connectivity index (χ2n) is 4.69. The molecular formula is C14H18N2O4. The van der Waals surface area contributed by atoms with Crippen molar-refractivity contribution in [3.63, 3.8) is 0 Å². The Balaban J connectivity index is 2.92. The number of carbonyl (C=O) groups is 3. The number of hydrogen-bond donors (Lipinski definition) is 3. The molecule has 0 aromatic heterocycles. The van der Waals surface area contributed by atoms with Crippen LogP contribution >= 0.6 is 0 Å². The summed E-state index contributed by atoms with van der Waals surface area (Å²) in [5.74, 6) is -2.15. The number of rotatable bonds is 5. The summed E-state index contributed by atoms with van der Waals surface area (Å²) in [6.45, 7) is 3.42. The molecule has 20 heavy (non-hydrogen) atoms. The molecule has 0 spiro atoms. The van der Waals surface area contributed by atoms with Crippen LogP contribution in [0.5, 0.6) is 0 Å². The van der Waals surface area contributed by atoms with Crippen molar-refractivity contribution >= 4 is 17.8 Å². The van der Waals surface area contributed by atoms with E-state index in [0.717, 1.165) is 0 Å². The fraction of sp³-hybridized carbons (Fsp3) is 0.357. The van der Waals surface area contributed by atoms with Gasteiger partial charge in [-0.2, -0.15) is 0 Å². The summed E-state index contributed by atoms with van der Waals surface area (Å²) in [6, 6.07) is 5.14. The topological polar surface area (TPSA) is 95.5 Å². The minimum Gasteiger partial charge on any atom is -0.480 e. The molecular weight excluding hydrogens is 260 g/mol. The van der Waals surface area contributed by atoms with E-state index in [-0.39, 0.29) is 17.4 Å². The van der Waals surface area contributed by atoms with Crippen molar-refractivity contribution in [2.45, 2.75) is 19.9 Å². The monoisotopic (exact) mass is 278 g/mol. The fourth-order valence-electron chi connectivity index (χ4n) is 1.68. The maximum atomic E-state index is 12.0. The first-order valence-corrected chi connectivity index (χ1v) is 6.22. The number of hydrogen-bond acceptors (Lipinski definition) is 3. The zero-order chi connectivity index (χ0) is 15.3. The van der Waals surface area contributed by atoms with Crippen LogP contribution in [0.3, 0.4) is 0 Å². The largest absolute Gasteiger partial charge is 0.480 e.